The van der Waals surface area contributed by atoms with Crippen molar-refractivity contribution in [2.24, 2.45) is 0 Å². The summed E-state index contributed by atoms with van der Waals surface area (Å²) < 4.78 is 1.19. The lowest BCUT2D eigenvalue weighted by molar-refractivity contribution is -0.116. The second-order valence-corrected chi connectivity index (χ2v) is 6.13. The molecule has 1 aromatic heterocycles. The fourth-order valence-corrected chi connectivity index (χ4v) is 3.07. The van der Waals surface area contributed by atoms with E-state index in [2.05, 4.69) is 29.0 Å². The van der Waals surface area contributed by atoms with Crippen LogP contribution in [0.2, 0.25) is 0 Å². The first-order valence-corrected chi connectivity index (χ1v) is 8.90. The fraction of sp³-hybridized carbons (Fsp3) is 0.250. The number of carbonyl (C=O) groups excluding carboxylic acids is 1. The molecule has 1 amide bonds. The Kier molecular flexibility index (Phi) is 5.40. The summed E-state index contributed by atoms with van der Waals surface area (Å²) in [7, 11) is 0. The van der Waals surface area contributed by atoms with Crippen molar-refractivity contribution in [2.45, 2.75) is 20.4 Å². The minimum absolute atomic E-state index is 0.235. The van der Waals surface area contributed by atoms with Crippen LogP contribution in [-0.4, -0.2) is 28.5 Å². The molecule has 0 saturated heterocycles. The summed E-state index contributed by atoms with van der Waals surface area (Å²) in [4.78, 5) is 41.2. The fourth-order valence-electron chi connectivity index (χ4n) is 3.07. The molecule has 7 nitrogen and oxygen atoms in total. The van der Waals surface area contributed by atoms with E-state index in [-0.39, 0.29) is 12.5 Å². The van der Waals surface area contributed by atoms with Gasteiger partial charge >= 0.3 is 11.1 Å². The van der Waals surface area contributed by atoms with Crippen molar-refractivity contribution < 1.29 is 4.79 Å². The molecular weight excluding hydrogens is 344 g/mol. The quantitative estimate of drug-likeness (QED) is 0.655. The maximum Gasteiger partial charge on any atom is 0.317 e. The lowest BCUT2D eigenvalue weighted by Gasteiger charge is -2.21. The number of aromatic nitrogens is 2. The van der Waals surface area contributed by atoms with Crippen molar-refractivity contribution in [3.63, 3.8) is 0 Å². The Balaban J connectivity index is 1.81. The largest absolute Gasteiger partial charge is 0.372 e. The Bertz CT molecular complexity index is 1060. The molecule has 2 aromatic carbocycles. The summed E-state index contributed by atoms with van der Waals surface area (Å²) in [5.41, 5.74) is 1.24. The Hall–Kier alpha value is -3.35. The van der Waals surface area contributed by atoms with E-state index >= 15 is 0 Å². The van der Waals surface area contributed by atoms with E-state index in [0.717, 1.165) is 18.8 Å². The Morgan fingerprint density at radius 1 is 1.04 bits per heavy atom. The van der Waals surface area contributed by atoms with Crippen LogP contribution in [0.15, 0.2) is 58.1 Å². The Morgan fingerprint density at radius 2 is 1.70 bits per heavy atom. The predicted octanol–water partition coefficient (Wildman–Crippen LogP) is 2.17. The molecule has 0 aliphatic heterocycles. The summed E-state index contributed by atoms with van der Waals surface area (Å²) >= 11 is 0. The summed E-state index contributed by atoms with van der Waals surface area (Å²) in [5.74, 6) is -0.372. The average molecular weight is 366 g/mol. The number of aromatic amines is 1. The van der Waals surface area contributed by atoms with Crippen LogP contribution in [0.3, 0.4) is 0 Å². The molecule has 0 unspecified atom stereocenters. The molecule has 0 fully saturated rings. The van der Waals surface area contributed by atoms with Crippen LogP contribution in [-0.2, 0) is 11.3 Å². The lowest BCUT2D eigenvalue weighted by atomic mass is 10.2. The van der Waals surface area contributed by atoms with Gasteiger partial charge in [0.25, 0.3) is 0 Å². The first-order chi connectivity index (χ1) is 13.0. The molecule has 0 aliphatic carbocycles. The van der Waals surface area contributed by atoms with Gasteiger partial charge in [0, 0.05) is 24.5 Å². The molecular formula is C20H22N4O3. The smallest absolute Gasteiger partial charge is 0.317 e. The highest BCUT2D eigenvalue weighted by Gasteiger charge is 2.11. The molecule has 0 radical (unpaired) electrons. The molecule has 27 heavy (non-hydrogen) atoms. The van der Waals surface area contributed by atoms with Crippen molar-refractivity contribution in [1.29, 1.82) is 0 Å². The number of H-pyrrole nitrogens is 1. The second kappa shape index (κ2) is 7.90. The third-order valence-electron chi connectivity index (χ3n) is 4.46. The van der Waals surface area contributed by atoms with Gasteiger partial charge in [0.1, 0.15) is 6.54 Å². The van der Waals surface area contributed by atoms with Crippen LogP contribution in [0.4, 0.5) is 11.4 Å². The lowest BCUT2D eigenvalue weighted by Crippen LogP contribution is -2.38. The highest BCUT2D eigenvalue weighted by Crippen LogP contribution is 2.17. The highest BCUT2D eigenvalue weighted by molar-refractivity contribution is 5.91. The topological polar surface area (TPSA) is 87.2 Å². The number of amides is 1. The van der Waals surface area contributed by atoms with E-state index in [0.29, 0.717) is 16.7 Å². The molecule has 2 N–H and O–H groups in total. The zero-order chi connectivity index (χ0) is 19.4. The van der Waals surface area contributed by atoms with Crippen molar-refractivity contribution >= 4 is 28.3 Å². The van der Waals surface area contributed by atoms with Crippen LogP contribution in [0, 0.1) is 0 Å². The van der Waals surface area contributed by atoms with E-state index < -0.39 is 11.1 Å². The van der Waals surface area contributed by atoms with E-state index in [1.165, 1.54) is 4.57 Å². The molecule has 0 spiro atoms. The van der Waals surface area contributed by atoms with Gasteiger partial charge in [0.15, 0.2) is 0 Å². The van der Waals surface area contributed by atoms with E-state index in [4.69, 9.17) is 0 Å². The SMILES string of the molecule is CCN(CC)c1ccc(NC(=O)Cn2c(=O)c(=O)[nH]c3ccccc32)cc1. The van der Waals surface area contributed by atoms with Crippen molar-refractivity contribution in [3.8, 4) is 0 Å². The molecule has 0 aliphatic rings. The zero-order valence-corrected chi connectivity index (χ0v) is 15.4. The minimum atomic E-state index is -0.749. The Morgan fingerprint density at radius 3 is 2.37 bits per heavy atom. The summed E-state index contributed by atoms with van der Waals surface area (Å²) in [6, 6.07) is 14.4. The van der Waals surface area contributed by atoms with Crippen LogP contribution in [0.1, 0.15) is 13.8 Å². The summed E-state index contributed by atoms with van der Waals surface area (Å²) in [6.07, 6.45) is 0. The maximum atomic E-state index is 12.4. The third-order valence-corrected chi connectivity index (χ3v) is 4.46. The van der Waals surface area contributed by atoms with Gasteiger partial charge < -0.3 is 15.2 Å². The van der Waals surface area contributed by atoms with Gasteiger partial charge in [0.05, 0.1) is 11.0 Å². The third kappa shape index (κ3) is 3.92. The molecule has 0 bridgehead atoms. The number of rotatable bonds is 6. The van der Waals surface area contributed by atoms with Crippen LogP contribution >= 0.6 is 0 Å². The van der Waals surface area contributed by atoms with Gasteiger partial charge in [-0.05, 0) is 50.2 Å². The van der Waals surface area contributed by atoms with Crippen molar-refractivity contribution in [3.05, 3.63) is 69.2 Å². The standard InChI is InChI=1S/C20H22N4O3/c1-3-23(4-2)15-11-9-14(10-12-15)21-18(25)13-24-17-8-6-5-7-16(17)22-19(26)20(24)27/h5-12H,3-4,13H2,1-2H3,(H,21,25)(H,22,26). The van der Waals surface area contributed by atoms with Crippen molar-refractivity contribution in [2.75, 3.05) is 23.3 Å². The van der Waals surface area contributed by atoms with E-state index in [1.54, 1.807) is 24.3 Å². The van der Waals surface area contributed by atoms with Crippen LogP contribution in [0.25, 0.3) is 11.0 Å². The highest BCUT2D eigenvalue weighted by atomic mass is 16.2. The molecule has 140 valence electrons. The summed E-state index contributed by atoms with van der Waals surface area (Å²) in [6.45, 7) is 5.74. The van der Waals surface area contributed by atoms with Crippen LogP contribution in [0.5, 0.6) is 0 Å². The average Bonchev–Trinajstić information content (AvgIpc) is 2.67. The number of carbonyl (C=O) groups is 1. The maximum absolute atomic E-state index is 12.4. The molecule has 7 heteroatoms. The predicted molar refractivity (Wildman–Crippen MR) is 107 cm³/mol. The zero-order valence-electron chi connectivity index (χ0n) is 15.4. The van der Waals surface area contributed by atoms with Crippen LogP contribution < -0.4 is 21.3 Å². The molecule has 0 saturated carbocycles. The number of fused-ring (bicyclic) bond motifs is 1. The number of nitrogens with zero attached hydrogens (tertiary/aromatic N) is 2. The van der Waals surface area contributed by atoms with Gasteiger partial charge in [0.2, 0.25) is 5.91 Å². The molecule has 3 rings (SSSR count). The molecule has 0 atom stereocenters. The first kappa shape index (κ1) is 18.4. The number of nitrogens with one attached hydrogen (secondary N) is 2. The van der Waals surface area contributed by atoms with Gasteiger partial charge in [-0.2, -0.15) is 0 Å². The van der Waals surface area contributed by atoms with Crippen molar-refractivity contribution in [1.82, 2.24) is 9.55 Å². The van der Waals surface area contributed by atoms with Gasteiger partial charge in [-0.3, -0.25) is 19.0 Å². The number of hydrogen-bond donors (Lipinski definition) is 2. The Labute approximate surface area is 156 Å². The van der Waals surface area contributed by atoms with Gasteiger partial charge in [-0.25, -0.2) is 0 Å². The van der Waals surface area contributed by atoms with E-state index in [1.807, 2.05) is 24.3 Å². The number of anilines is 2. The normalized spacial score (nSPS) is 10.7. The number of benzene rings is 2. The summed E-state index contributed by atoms with van der Waals surface area (Å²) in [5, 5.41) is 2.77. The first-order valence-electron chi connectivity index (χ1n) is 8.90. The number of hydrogen-bond acceptors (Lipinski definition) is 4. The van der Waals surface area contributed by atoms with Gasteiger partial charge in [-0.15, -0.1) is 0 Å². The minimum Gasteiger partial charge on any atom is -0.372 e. The van der Waals surface area contributed by atoms with Gasteiger partial charge in [-0.1, -0.05) is 12.1 Å². The van der Waals surface area contributed by atoms with E-state index in [9.17, 15) is 14.4 Å². The molecule has 1 heterocycles. The number of para-hydroxylation sites is 2. The molecule has 3 aromatic rings. The monoisotopic (exact) mass is 366 g/mol. The second-order valence-electron chi connectivity index (χ2n) is 6.13.